The first-order valence-electron chi connectivity index (χ1n) is 22.1. The first-order chi connectivity index (χ1) is 32.5. The first-order valence-corrected chi connectivity index (χ1v) is 22.1. The number of carbonyl (C=O) groups is 1. The summed E-state index contributed by atoms with van der Waals surface area (Å²) in [4.78, 5) is 8.56. The summed E-state index contributed by atoms with van der Waals surface area (Å²) in [6.45, 7) is 0. The highest BCUT2D eigenvalue weighted by molar-refractivity contribution is 5.68. The molecule has 0 aliphatic carbocycles. The molecule has 2 N–H and O–H groups in total. The van der Waals surface area contributed by atoms with Crippen molar-refractivity contribution in [2.24, 2.45) is 0 Å². The monoisotopic (exact) mass is 854 g/mol. The number of carboxylic acid groups (broad SMARTS) is 2. The summed E-state index contributed by atoms with van der Waals surface area (Å²) in [5.41, 5.74) is 14.3. The first kappa shape index (κ1) is 44.1. The molecule has 0 bridgehead atoms. The van der Waals surface area contributed by atoms with Crippen molar-refractivity contribution < 1.29 is 15.0 Å². The molecule has 0 aliphatic rings. The Bertz CT molecular complexity index is 2580. The van der Waals surface area contributed by atoms with E-state index in [2.05, 4.69) is 291 Å². The molecule has 10 aromatic carbocycles. The van der Waals surface area contributed by atoms with Crippen LogP contribution in [0.3, 0.4) is 0 Å². The molecule has 0 amide bonds. The molecule has 0 fully saturated rings. The molecule has 3 heteroatoms. The van der Waals surface area contributed by atoms with E-state index in [0.717, 1.165) is 0 Å². The smallest absolute Gasteiger partial charge is 0.450 e. The highest BCUT2D eigenvalue weighted by Crippen LogP contribution is 2.47. The van der Waals surface area contributed by atoms with Crippen LogP contribution in [0.4, 0.5) is 4.79 Å². The Kier molecular flexibility index (Phi) is 14.2. The van der Waals surface area contributed by atoms with Gasteiger partial charge in [-0.1, -0.05) is 291 Å². The SMILES string of the molecule is O=C(O)O.c1ccc(-c2ccc(C(c3ccccc3)(c3ccccc3)c3ccccc3)cc2)cc1.c1ccc(-c2ccc(C(c3ccccc3)(c3ccccc3)c3ccccc3)cc2)cc1. The second-order valence-electron chi connectivity index (χ2n) is 15.9. The van der Waals surface area contributed by atoms with Crippen molar-refractivity contribution in [3.63, 3.8) is 0 Å². The van der Waals surface area contributed by atoms with E-state index < -0.39 is 6.16 Å². The highest BCUT2D eigenvalue weighted by atomic mass is 16.6. The molecule has 0 spiro atoms. The lowest BCUT2D eigenvalue weighted by Gasteiger charge is -2.37. The minimum Gasteiger partial charge on any atom is -0.450 e. The summed E-state index contributed by atoms with van der Waals surface area (Å²) < 4.78 is 0. The van der Waals surface area contributed by atoms with E-state index in [4.69, 9.17) is 15.0 Å². The Morgan fingerprint density at radius 2 is 0.348 bits per heavy atom. The van der Waals surface area contributed by atoms with E-state index in [1.54, 1.807) is 0 Å². The Morgan fingerprint density at radius 3 is 0.530 bits per heavy atom. The van der Waals surface area contributed by atoms with Gasteiger partial charge in [0.25, 0.3) is 0 Å². The van der Waals surface area contributed by atoms with Crippen LogP contribution in [0, 0.1) is 0 Å². The van der Waals surface area contributed by atoms with E-state index in [1.165, 1.54) is 66.8 Å². The fraction of sp³-hybridized carbons (Fsp3) is 0.0317. The van der Waals surface area contributed by atoms with Crippen LogP contribution in [0.5, 0.6) is 0 Å². The molecule has 0 unspecified atom stereocenters. The zero-order valence-electron chi connectivity index (χ0n) is 36.5. The predicted molar refractivity (Wildman–Crippen MR) is 271 cm³/mol. The van der Waals surface area contributed by atoms with Gasteiger partial charge in [0.05, 0.1) is 10.8 Å². The summed E-state index contributed by atoms with van der Waals surface area (Å²) in [6.07, 6.45) is -1.83. The largest absolute Gasteiger partial charge is 0.503 e. The van der Waals surface area contributed by atoms with Gasteiger partial charge < -0.3 is 10.2 Å². The number of rotatable bonds is 10. The average molecular weight is 855 g/mol. The fourth-order valence-electron chi connectivity index (χ4n) is 9.22. The van der Waals surface area contributed by atoms with Crippen LogP contribution in [-0.2, 0) is 10.8 Å². The van der Waals surface area contributed by atoms with Gasteiger partial charge in [-0.2, -0.15) is 0 Å². The zero-order valence-corrected chi connectivity index (χ0v) is 36.5. The van der Waals surface area contributed by atoms with Gasteiger partial charge >= 0.3 is 6.16 Å². The Balaban J connectivity index is 0.000000166. The predicted octanol–water partition coefficient (Wildman–Crippen LogP) is 15.7. The van der Waals surface area contributed by atoms with E-state index in [1.807, 2.05) is 0 Å². The molecular formula is C63H50O3. The van der Waals surface area contributed by atoms with Crippen molar-refractivity contribution in [2.45, 2.75) is 10.8 Å². The molecule has 0 atom stereocenters. The maximum atomic E-state index is 8.56. The zero-order chi connectivity index (χ0) is 45.4. The maximum absolute atomic E-state index is 8.56. The molecule has 3 nitrogen and oxygen atoms in total. The number of hydrogen-bond acceptors (Lipinski definition) is 1. The normalized spacial score (nSPS) is 10.9. The summed E-state index contributed by atoms with van der Waals surface area (Å²) in [6, 6.07) is 104. The Labute approximate surface area is 388 Å². The molecule has 10 rings (SSSR count). The van der Waals surface area contributed by atoms with Crippen LogP contribution in [0.15, 0.2) is 291 Å². The maximum Gasteiger partial charge on any atom is 0.503 e. The molecule has 0 saturated carbocycles. The van der Waals surface area contributed by atoms with Gasteiger partial charge in [-0.25, -0.2) is 4.79 Å². The van der Waals surface area contributed by atoms with Crippen molar-refractivity contribution in [1.29, 1.82) is 0 Å². The van der Waals surface area contributed by atoms with Gasteiger partial charge in [-0.05, 0) is 66.8 Å². The van der Waals surface area contributed by atoms with Crippen LogP contribution in [0.2, 0.25) is 0 Å². The molecular weight excluding hydrogens is 805 g/mol. The van der Waals surface area contributed by atoms with Crippen LogP contribution < -0.4 is 0 Å². The summed E-state index contributed by atoms with van der Waals surface area (Å²) >= 11 is 0. The Morgan fingerprint density at radius 1 is 0.212 bits per heavy atom. The minimum absolute atomic E-state index is 0.390. The standard InChI is InChI=1S/2C31H24.CH2O3/c2*1-5-13-25(14-6-1)26-21-23-30(24-22-26)31(27-15-7-2-8-16-27,28-17-9-3-10-18-28)29-19-11-4-12-20-29;2-1(3)4/h2*1-24H;(H2,2,3,4). The third-order valence-corrected chi connectivity index (χ3v) is 12.1. The topological polar surface area (TPSA) is 57.5 Å². The van der Waals surface area contributed by atoms with E-state index in [-0.39, 0.29) is 10.8 Å². The third kappa shape index (κ3) is 9.52. The van der Waals surface area contributed by atoms with Gasteiger partial charge in [0, 0.05) is 0 Å². The van der Waals surface area contributed by atoms with Crippen LogP contribution in [0.25, 0.3) is 22.3 Å². The van der Waals surface area contributed by atoms with Crippen molar-refractivity contribution in [3.8, 4) is 22.3 Å². The lowest BCUT2D eigenvalue weighted by atomic mass is 9.65. The van der Waals surface area contributed by atoms with Crippen molar-refractivity contribution in [2.75, 3.05) is 0 Å². The third-order valence-electron chi connectivity index (χ3n) is 12.1. The van der Waals surface area contributed by atoms with Crippen molar-refractivity contribution in [1.82, 2.24) is 0 Å². The lowest BCUT2D eigenvalue weighted by molar-refractivity contribution is 0.137. The molecule has 0 aromatic heterocycles. The molecule has 10 aromatic rings. The minimum atomic E-state index is -1.83. The summed E-state index contributed by atoms with van der Waals surface area (Å²) in [7, 11) is 0. The molecule has 66 heavy (non-hydrogen) atoms. The van der Waals surface area contributed by atoms with E-state index >= 15 is 0 Å². The highest BCUT2D eigenvalue weighted by Gasteiger charge is 2.39. The van der Waals surface area contributed by atoms with Crippen molar-refractivity contribution in [3.05, 3.63) is 336 Å². The van der Waals surface area contributed by atoms with Crippen molar-refractivity contribution >= 4 is 6.16 Å². The Hall–Kier alpha value is -8.53. The molecule has 0 aliphatic heterocycles. The van der Waals surface area contributed by atoms with Gasteiger partial charge in [0.2, 0.25) is 0 Å². The average Bonchev–Trinajstić information content (AvgIpc) is 3.40. The summed E-state index contributed by atoms with van der Waals surface area (Å²) in [5, 5.41) is 13.9. The molecule has 0 heterocycles. The molecule has 0 radical (unpaired) electrons. The molecule has 320 valence electrons. The molecule has 0 saturated heterocycles. The quantitative estimate of drug-likeness (QED) is 0.135. The summed E-state index contributed by atoms with van der Waals surface area (Å²) in [5.74, 6) is 0. The van der Waals surface area contributed by atoms with Crippen LogP contribution >= 0.6 is 0 Å². The number of hydrogen-bond donors (Lipinski definition) is 2. The second-order valence-corrected chi connectivity index (χ2v) is 15.9. The van der Waals surface area contributed by atoms with Gasteiger partial charge in [-0.15, -0.1) is 0 Å². The van der Waals surface area contributed by atoms with Gasteiger partial charge in [-0.3, -0.25) is 0 Å². The fourth-order valence-corrected chi connectivity index (χ4v) is 9.22. The second kappa shape index (κ2) is 21.2. The van der Waals surface area contributed by atoms with Gasteiger partial charge in [0.15, 0.2) is 0 Å². The number of benzene rings is 10. The van der Waals surface area contributed by atoms with Crippen LogP contribution in [-0.4, -0.2) is 16.4 Å². The van der Waals surface area contributed by atoms with Gasteiger partial charge in [0.1, 0.15) is 0 Å². The van der Waals surface area contributed by atoms with E-state index in [0.29, 0.717) is 0 Å². The van der Waals surface area contributed by atoms with E-state index in [9.17, 15) is 0 Å². The lowest BCUT2D eigenvalue weighted by Crippen LogP contribution is -2.30. The van der Waals surface area contributed by atoms with Crippen LogP contribution in [0.1, 0.15) is 44.5 Å².